The molecule has 4 fully saturated rings. The van der Waals surface area contributed by atoms with Crippen molar-refractivity contribution in [2.24, 2.45) is 17.6 Å². The van der Waals surface area contributed by atoms with E-state index < -0.39 is 0 Å². The zero-order valence-electron chi connectivity index (χ0n) is 14.5. The van der Waals surface area contributed by atoms with E-state index in [0.29, 0.717) is 17.9 Å². The molecule has 2 amide bonds. The largest absolute Gasteiger partial charge is 0.368 e. The Morgan fingerprint density at radius 3 is 2.04 bits per heavy atom. The van der Waals surface area contributed by atoms with Crippen molar-refractivity contribution in [3.63, 3.8) is 0 Å². The number of nitrogens with two attached hydrogens (primary N) is 1. The van der Waals surface area contributed by atoms with Gasteiger partial charge in [-0.25, -0.2) is 0 Å². The lowest BCUT2D eigenvalue weighted by Crippen LogP contribution is -2.51. The number of allylic oxidation sites excluding steroid dienone is 1. The molecule has 0 unspecified atom stereocenters. The van der Waals surface area contributed by atoms with E-state index >= 15 is 0 Å². The van der Waals surface area contributed by atoms with E-state index in [1.807, 2.05) is 11.0 Å². The standard InChI is InChI=1S/C19H29N3O2/c20-19(24)17-2-1-9-22(17)15-7-10-21(11-8-15)18(23)12-16(13-3-4-13)14-5-6-14/h12-15,17H,1-11H2,(H2,20,24)/t17-/m0/s1. The summed E-state index contributed by atoms with van der Waals surface area (Å²) in [7, 11) is 0. The lowest BCUT2D eigenvalue weighted by molar-refractivity contribution is -0.129. The molecular formula is C19H29N3O2. The third-order valence-corrected chi connectivity index (χ3v) is 6.26. The first-order valence-corrected chi connectivity index (χ1v) is 9.69. The van der Waals surface area contributed by atoms with Gasteiger partial charge in [-0.05, 0) is 69.7 Å². The molecule has 0 radical (unpaired) electrons. The van der Waals surface area contributed by atoms with Gasteiger partial charge in [0.05, 0.1) is 6.04 Å². The Morgan fingerprint density at radius 2 is 1.50 bits per heavy atom. The summed E-state index contributed by atoms with van der Waals surface area (Å²) in [4.78, 5) is 28.5. The first-order chi connectivity index (χ1) is 11.6. The van der Waals surface area contributed by atoms with Gasteiger partial charge in [-0.2, -0.15) is 0 Å². The maximum Gasteiger partial charge on any atom is 0.246 e. The number of carbonyl (C=O) groups is 2. The van der Waals surface area contributed by atoms with Crippen molar-refractivity contribution in [3.05, 3.63) is 11.6 Å². The molecule has 5 heteroatoms. The maximum absolute atomic E-state index is 12.6. The van der Waals surface area contributed by atoms with Crippen LogP contribution >= 0.6 is 0 Å². The number of nitrogens with zero attached hydrogens (tertiary/aromatic N) is 2. The number of rotatable bonds is 5. The second-order valence-electron chi connectivity index (χ2n) is 8.05. The van der Waals surface area contributed by atoms with Crippen LogP contribution in [0.4, 0.5) is 0 Å². The van der Waals surface area contributed by atoms with Gasteiger partial charge >= 0.3 is 0 Å². The Kier molecular flexibility index (Phi) is 4.37. The van der Waals surface area contributed by atoms with Gasteiger partial charge in [0, 0.05) is 25.2 Å². The van der Waals surface area contributed by atoms with Crippen molar-refractivity contribution in [2.45, 2.75) is 63.5 Å². The molecule has 0 aromatic heterocycles. The molecule has 24 heavy (non-hydrogen) atoms. The fourth-order valence-corrected chi connectivity index (χ4v) is 4.59. The van der Waals surface area contributed by atoms with Crippen LogP contribution in [0.25, 0.3) is 0 Å². The molecule has 0 aromatic rings. The van der Waals surface area contributed by atoms with Crippen LogP contribution in [0.2, 0.25) is 0 Å². The highest BCUT2D eigenvalue weighted by Gasteiger charge is 2.38. The molecular weight excluding hydrogens is 302 g/mol. The molecule has 2 aliphatic heterocycles. The van der Waals surface area contributed by atoms with Gasteiger partial charge in [-0.15, -0.1) is 0 Å². The number of likely N-dealkylation sites (tertiary alicyclic amines) is 2. The molecule has 132 valence electrons. The first kappa shape index (κ1) is 16.1. The Balaban J connectivity index is 1.33. The van der Waals surface area contributed by atoms with Crippen LogP contribution in [-0.4, -0.2) is 53.3 Å². The molecule has 2 N–H and O–H groups in total. The van der Waals surface area contributed by atoms with E-state index in [1.165, 1.54) is 31.3 Å². The average molecular weight is 331 g/mol. The molecule has 2 saturated heterocycles. The number of piperidine rings is 1. The molecule has 2 heterocycles. The van der Waals surface area contributed by atoms with Gasteiger partial charge in [0.15, 0.2) is 0 Å². The van der Waals surface area contributed by atoms with E-state index in [9.17, 15) is 9.59 Å². The molecule has 0 aromatic carbocycles. The van der Waals surface area contributed by atoms with Crippen molar-refractivity contribution >= 4 is 11.8 Å². The number of hydrogen-bond donors (Lipinski definition) is 1. The predicted molar refractivity (Wildman–Crippen MR) is 92.1 cm³/mol. The SMILES string of the molecule is NC(=O)[C@@H]1CCCN1C1CCN(C(=O)C=C(C2CC2)C2CC2)CC1. The highest BCUT2D eigenvalue weighted by atomic mass is 16.2. The molecule has 2 saturated carbocycles. The second-order valence-corrected chi connectivity index (χ2v) is 8.05. The second kappa shape index (κ2) is 6.51. The number of primary amides is 1. The van der Waals surface area contributed by atoms with Crippen LogP contribution in [-0.2, 0) is 9.59 Å². The summed E-state index contributed by atoms with van der Waals surface area (Å²) in [5.41, 5.74) is 6.98. The van der Waals surface area contributed by atoms with Crippen LogP contribution in [0.3, 0.4) is 0 Å². The van der Waals surface area contributed by atoms with Gasteiger partial charge in [0.1, 0.15) is 0 Å². The maximum atomic E-state index is 12.6. The summed E-state index contributed by atoms with van der Waals surface area (Å²) in [5.74, 6) is 1.45. The third kappa shape index (κ3) is 3.37. The van der Waals surface area contributed by atoms with Crippen LogP contribution in [0, 0.1) is 11.8 Å². The van der Waals surface area contributed by atoms with E-state index in [-0.39, 0.29) is 17.9 Å². The number of carbonyl (C=O) groups excluding carboxylic acids is 2. The van der Waals surface area contributed by atoms with Crippen molar-refractivity contribution in [3.8, 4) is 0 Å². The quantitative estimate of drug-likeness (QED) is 0.779. The molecule has 1 atom stereocenters. The zero-order chi connectivity index (χ0) is 16.7. The van der Waals surface area contributed by atoms with Gasteiger partial charge in [-0.3, -0.25) is 14.5 Å². The summed E-state index contributed by atoms with van der Waals surface area (Å²) in [6.45, 7) is 2.59. The van der Waals surface area contributed by atoms with Crippen LogP contribution in [0.5, 0.6) is 0 Å². The lowest BCUT2D eigenvalue weighted by atomic mass is 10.0. The monoisotopic (exact) mass is 331 g/mol. The highest BCUT2D eigenvalue weighted by Crippen LogP contribution is 2.48. The minimum atomic E-state index is -0.188. The highest BCUT2D eigenvalue weighted by molar-refractivity contribution is 5.88. The van der Waals surface area contributed by atoms with E-state index in [4.69, 9.17) is 5.73 Å². The summed E-state index contributed by atoms with van der Waals surface area (Å²) in [6.07, 6.45) is 11.0. The minimum Gasteiger partial charge on any atom is -0.368 e. The third-order valence-electron chi connectivity index (χ3n) is 6.26. The summed E-state index contributed by atoms with van der Waals surface area (Å²) >= 11 is 0. The molecule has 5 nitrogen and oxygen atoms in total. The normalized spacial score (nSPS) is 28.8. The number of hydrogen-bond acceptors (Lipinski definition) is 3. The first-order valence-electron chi connectivity index (χ1n) is 9.69. The van der Waals surface area contributed by atoms with Crippen molar-refractivity contribution in [1.29, 1.82) is 0 Å². The summed E-state index contributed by atoms with van der Waals surface area (Å²) < 4.78 is 0. The van der Waals surface area contributed by atoms with E-state index in [0.717, 1.165) is 45.3 Å². The van der Waals surface area contributed by atoms with Gasteiger partial charge in [0.2, 0.25) is 11.8 Å². The van der Waals surface area contributed by atoms with Gasteiger partial charge < -0.3 is 10.6 Å². The Bertz CT molecular complexity index is 529. The molecule has 2 aliphatic carbocycles. The average Bonchev–Trinajstić information content (AvgIpc) is 3.51. The van der Waals surface area contributed by atoms with Crippen LogP contribution in [0.1, 0.15) is 51.4 Å². The molecule has 4 rings (SSSR count). The zero-order valence-corrected chi connectivity index (χ0v) is 14.5. The number of amides is 2. The fraction of sp³-hybridized carbons (Fsp3) is 0.789. The van der Waals surface area contributed by atoms with E-state index in [1.54, 1.807) is 0 Å². The topological polar surface area (TPSA) is 66.6 Å². The van der Waals surface area contributed by atoms with Crippen molar-refractivity contribution < 1.29 is 9.59 Å². The van der Waals surface area contributed by atoms with Crippen LogP contribution < -0.4 is 5.73 Å². The minimum absolute atomic E-state index is 0.0894. The van der Waals surface area contributed by atoms with Crippen LogP contribution in [0.15, 0.2) is 11.6 Å². The molecule has 4 aliphatic rings. The lowest BCUT2D eigenvalue weighted by Gasteiger charge is -2.38. The Hall–Kier alpha value is -1.36. The molecule has 0 bridgehead atoms. The summed E-state index contributed by atoms with van der Waals surface area (Å²) in [5, 5.41) is 0. The fourth-order valence-electron chi connectivity index (χ4n) is 4.59. The van der Waals surface area contributed by atoms with Gasteiger partial charge in [0.25, 0.3) is 0 Å². The Labute approximate surface area is 144 Å². The van der Waals surface area contributed by atoms with Crippen molar-refractivity contribution in [2.75, 3.05) is 19.6 Å². The predicted octanol–water partition coefficient (Wildman–Crippen LogP) is 1.67. The van der Waals surface area contributed by atoms with Gasteiger partial charge in [-0.1, -0.05) is 5.57 Å². The summed E-state index contributed by atoms with van der Waals surface area (Å²) in [6, 6.07) is 0.317. The Morgan fingerprint density at radius 1 is 0.875 bits per heavy atom. The molecule has 0 spiro atoms. The van der Waals surface area contributed by atoms with E-state index in [2.05, 4.69) is 4.90 Å². The smallest absolute Gasteiger partial charge is 0.246 e. The van der Waals surface area contributed by atoms with Crippen molar-refractivity contribution in [1.82, 2.24) is 9.80 Å².